The molecule has 0 bridgehead atoms. The van der Waals surface area contributed by atoms with Crippen LogP contribution in [0.2, 0.25) is 0 Å². The zero-order valence-electron chi connectivity index (χ0n) is 14.8. The average molecular weight is 356 g/mol. The fourth-order valence-electron chi connectivity index (χ4n) is 2.30. The van der Waals surface area contributed by atoms with Gasteiger partial charge in [0.1, 0.15) is 0 Å². The normalized spacial score (nSPS) is 10.6. The monoisotopic (exact) mass is 356 g/mol. The maximum absolute atomic E-state index is 12.1. The van der Waals surface area contributed by atoms with Gasteiger partial charge in [-0.25, -0.2) is 0 Å². The van der Waals surface area contributed by atoms with Crippen molar-refractivity contribution in [3.63, 3.8) is 0 Å². The van der Waals surface area contributed by atoms with E-state index >= 15 is 0 Å². The lowest BCUT2D eigenvalue weighted by Crippen LogP contribution is -2.08. The highest BCUT2D eigenvalue weighted by molar-refractivity contribution is 6.02. The van der Waals surface area contributed by atoms with E-state index in [1.165, 1.54) is 12.1 Å². The number of carbonyl (C=O) groups excluding carboxylic acids is 1. The van der Waals surface area contributed by atoms with Crippen molar-refractivity contribution in [2.75, 3.05) is 19.0 Å². The lowest BCUT2D eigenvalue weighted by atomic mass is 10.1. The summed E-state index contributed by atoms with van der Waals surface area (Å²) in [5.41, 5.74) is 1.62. The number of hydrogen-bond acceptors (Lipinski definition) is 5. The van der Waals surface area contributed by atoms with Gasteiger partial charge in [0.05, 0.1) is 18.6 Å². The van der Waals surface area contributed by atoms with E-state index < -0.39 is 10.8 Å². The van der Waals surface area contributed by atoms with E-state index in [0.717, 1.165) is 5.56 Å². The number of hydrogen-bond donors (Lipinski definition) is 1. The Balaban J connectivity index is 2.10. The Bertz CT molecular complexity index is 846. The number of nitro benzene ring substituents is 1. The van der Waals surface area contributed by atoms with Crippen molar-refractivity contribution >= 4 is 23.4 Å². The number of aryl methyl sites for hydroxylation is 1. The summed E-state index contributed by atoms with van der Waals surface area (Å²) in [5, 5.41) is 13.6. The second-order valence-electron chi connectivity index (χ2n) is 5.42. The van der Waals surface area contributed by atoms with Gasteiger partial charge in [-0.05, 0) is 43.7 Å². The molecule has 7 heteroatoms. The van der Waals surface area contributed by atoms with Crippen LogP contribution in [0.3, 0.4) is 0 Å². The maximum Gasteiger partial charge on any atom is 0.274 e. The molecule has 2 rings (SSSR count). The lowest BCUT2D eigenvalue weighted by Gasteiger charge is -2.09. The Morgan fingerprint density at radius 1 is 1.23 bits per heavy atom. The molecule has 0 saturated carbocycles. The highest BCUT2D eigenvalue weighted by Crippen LogP contribution is 2.28. The van der Waals surface area contributed by atoms with E-state index in [2.05, 4.69) is 5.32 Å². The molecule has 0 spiro atoms. The molecule has 0 aliphatic carbocycles. The zero-order valence-corrected chi connectivity index (χ0v) is 14.8. The molecule has 0 saturated heterocycles. The van der Waals surface area contributed by atoms with Gasteiger partial charge >= 0.3 is 0 Å². The van der Waals surface area contributed by atoms with Crippen LogP contribution < -0.4 is 14.8 Å². The second kappa shape index (κ2) is 8.66. The predicted molar refractivity (Wildman–Crippen MR) is 99.7 cm³/mol. The molecule has 0 atom stereocenters. The van der Waals surface area contributed by atoms with Gasteiger partial charge < -0.3 is 14.8 Å². The van der Waals surface area contributed by atoms with Crippen LogP contribution >= 0.6 is 0 Å². The first-order valence-electron chi connectivity index (χ1n) is 7.99. The molecule has 26 heavy (non-hydrogen) atoms. The molecule has 0 fully saturated rings. The van der Waals surface area contributed by atoms with Crippen molar-refractivity contribution in [2.24, 2.45) is 0 Å². The average Bonchev–Trinajstić information content (AvgIpc) is 2.62. The highest BCUT2D eigenvalue weighted by atomic mass is 16.6. The lowest BCUT2D eigenvalue weighted by molar-refractivity contribution is -0.385. The number of carbonyl (C=O) groups is 1. The third kappa shape index (κ3) is 4.83. The Morgan fingerprint density at radius 2 is 2.00 bits per heavy atom. The van der Waals surface area contributed by atoms with Crippen LogP contribution in [-0.4, -0.2) is 24.5 Å². The molecule has 0 aromatic heterocycles. The minimum Gasteiger partial charge on any atom is -0.493 e. The van der Waals surface area contributed by atoms with Crippen LogP contribution in [0.5, 0.6) is 11.5 Å². The molecule has 7 nitrogen and oxygen atoms in total. The zero-order chi connectivity index (χ0) is 19.1. The van der Waals surface area contributed by atoms with Crippen molar-refractivity contribution < 1.29 is 19.2 Å². The summed E-state index contributed by atoms with van der Waals surface area (Å²) in [4.78, 5) is 22.5. The van der Waals surface area contributed by atoms with E-state index in [1.54, 1.807) is 50.4 Å². The molecule has 2 aromatic carbocycles. The van der Waals surface area contributed by atoms with E-state index in [0.29, 0.717) is 29.4 Å². The topological polar surface area (TPSA) is 90.7 Å². The first-order valence-corrected chi connectivity index (χ1v) is 7.99. The Morgan fingerprint density at radius 3 is 2.65 bits per heavy atom. The number of amides is 1. The van der Waals surface area contributed by atoms with Crippen molar-refractivity contribution in [1.82, 2.24) is 0 Å². The van der Waals surface area contributed by atoms with Gasteiger partial charge in [-0.3, -0.25) is 14.9 Å². The van der Waals surface area contributed by atoms with Crippen LogP contribution in [0.1, 0.15) is 18.1 Å². The number of nitrogens with zero attached hydrogens (tertiary/aromatic N) is 1. The Kier molecular flexibility index (Phi) is 6.32. The third-order valence-electron chi connectivity index (χ3n) is 3.59. The minimum atomic E-state index is -0.479. The van der Waals surface area contributed by atoms with Crippen LogP contribution in [0.4, 0.5) is 11.4 Å². The molecule has 1 amide bonds. The molecular weight excluding hydrogens is 336 g/mol. The van der Waals surface area contributed by atoms with Gasteiger partial charge in [-0.2, -0.15) is 0 Å². The number of benzene rings is 2. The van der Waals surface area contributed by atoms with Crippen LogP contribution in [0, 0.1) is 17.0 Å². The first-order chi connectivity index (χ1) is 12.4. The summed E-state index contributed by atoms with van der Waals surface area (Å²) in [6.45, 7) is 4.05. The molecule has 1 N–H and O–H groups in total. The number of rotatable bonds is 7. The molecule has 0 aliphatic heterocycles. The summed E-state index contributed by atoms with van der Waals surface area (Å²) >= 11 is 0. The highest BCUT2D eigenvalue weighted by Gasteiger charge is 2.11. The van der Waals surface area contributed by atoms with Crippen molar-refractivity contribution in [3.05, 3.63) is 63.7 Å². The van der Waals surface area contributed by atoms with Gasteiger partial charge in [-0.1, -0.05) is 12.1 Å². The third-order valence-corrected chi connectivity index (χ3v) is 3.59. The smallest absolute Gasteiger partial charge is 0.274 e. The largest absolute Gasteiger partial charge is 0.493 e. The number of ether oxygens (including phenoxy) is 2. The number of nitrogens with one attached hydrogen (secondary N) is 1. The van der Waals surface area contributed by atoms with E-state index in [9.17, 15) is 14.9 Å². The molecule has 2 aromatic rings. The summed E-state index contributed by atoms with van der Waals surface area (Å²) in [6.07, 6.45) is 2.97. The molecule has 136 valence electrons. The second-order valence-corrected chi connectivity index (χ2v) is 5.42. The molecular formula is C19H20N2O5. The summed E-state index contributed by atoms with van der Waals surface area (Å²) < 4.78 is 10.7. The Labute approximate surface area is 151 Å². The quantitative estimate of drug-likeness (QED) is 0.461. The van der Waals surface area contributed by atoms with E-state index in [1.807, 2.05) is 6.92 Å². The first kappa shape index (κ1) is 19.0. The summed E-state index contributed by atoms with van der Waals surface area (Å²) in [6, 6.07) is 9.87. The fraction of sp³-hybridized carbons (Fsp3) is 0.211. The van der Waals surface area contributed by atoms with Gasteiger partial charge in [0.15, 0.2) is 11.5 Å². The van der Waals surface area contributed by atoms with Crippen molar-refractivity contribution in [3.8, 4) is 11.5 Å². The molecule has 0 heterocycles. The summed E-state index contributed by atoms with van der Waals surface area (Å²) in [7, 11) is 1.54. The van der Waals surface area contributed by atoms with Crippen molar-refractivity contribution in [1.29, 1.82) is 0 Å². The van der Waals surface area contributed by atoms with Gasteiger partial charge in [0, 0.05) is 23.4 Å². The maximum atomic E-state index is 12.1. The standard InChI is InChI=1S/C19H20N2O5/c1-4-26-17-9-6-14(11-18(17)25-3)7-10-19(22)20-15-8-5-13(2)16(12-15)21(23)24/h5-12H,4H2,1-3H3,(H,20,22)/b10-7+. The van der Waals surface area contributed by atoms with Gasteiger partial charge in [0.25, 0.3) is 5.69 Å². The van der Waals surface area contributed by atoms with Crippen LogP contribution in [0.15, 0.2) is 42.5 Å². The predicted octanol–water partition coefficient (Wildman–Crippen LogP) is 3.96. The van der Waals surface area contributed by atoms with E-state index in [-0.39, 0.29) is 5.69 Å². The Hall–Kier alpha value is -3.35. The van der Waals surface area contributed by atoms with Crippen LogP contribution in [-0.2, 0) is 4.79 Å². The molecule has 0 unspecified atom stereocenters. The number of nitro groups is 1. The molecule has 0 radical (unpaired) electrons. The van der Waals surface area contributed by atoms with Gasteiger partial charge in [0.2, 0.25) is 5.91 Å². The minimum absolute atomic E-state index is 0.0389. The molecule has 0 aliphatic rings. The van der Waals surface area contributed by atoms with Crippen molar-refractivity contribution in [2.45, 2.75) is 13.8 Å². The number of methoxy groups -OCH3 is 1. The van der Waals surface area contributed by atoms with Crippen LogP contribution in [0.25, 0.3) is 6.08 Å². The number of anilines is 1. The fourth-order valence-corrected chi connectivity index (χ4v) is 2.30. The SMILES string of the molecule is CCOc1ccc(/C=C/C(=O)Nc2ccc(C)c([N+](=O)[O-])c2)cc1OC. The summed E-state index contributed by atoms with van der Waals surface area (Å²) in [5.74, 6) is 0.808. The van der Waals surface area contributed by atoms with E-state index in [4.69, 9.17) is 9.47 Å². The van der Waals surface area contributed by atoms with Gasteiger partial charge in [-0.15, -0.1) is 0 Å².